The van der Waals surface area contributed by atoms with Crippen molar-refractivity contribution < 1.29 is 17.0 Å². The number of amides is 1. The first-order chi connectivity index (χ1) is 5.96. The number of carbonyl (C=O) groups excluding carboxylic acids is 1. The zero-order valence-corrected chi connectivity index (χ0v) is 6.64. The third-order valence-corrected chi connectivity index (χ3v) is 1.78. The summed E-state index contributed by atoms with van der Waals surface area (Å²) in [5.74, 6) is -1.64. The lowest BCUT2D eigenvalue weighted by atomic mass is 10.1. The number of carbonyl (C=O) groups is 1. The fourth-order valence-electron chi connectivity index (χ4n) is 0.927. The molecular weight excluding hydrogens is 146 g/mol. The number of nitrogens with one attached hydrogen (secondary N) is 1. The van der Waals surface area contributed by atoms with Crippen LogP contribution in [0.4, 0.5) is 0 Å². The monoisotopic (exact) mass is 161 g/mol. The molecule has 1 saturated heterocycles. The Hall–Kier alpha value is -0.610. The second-order valence-electron chi connectivity index (χ2n) is 2.36. The molecule has 1 rings (SSSR count). The molecule has 4 nitrogen and oxygen atoms in total. The number of methoxy groups -OCH3 is 2. The Morgan fingerprint density at radius 1 is 1.64 bits per heavy atom. The maximum atomic E-state index is 11.0. The van der Waals surface area contributed by atoms with Crippen LogP contribution in [0.5, 0.6) is 0 Å². The summed E-state index contributed by atoms with van der Waals surface area (Å²) in [4.78, 5) is 11.0. The lowest BCUT2D eigenvalue weighted by molar-refractivity contribution is -0.214. The largest absolute Gasteiger partial charge is 0.351 e. The third-order valence-electron chi connectivity index (χ3n) is 1.78. The van der Waals surface area contributed by atoms with E-state index in [1.165, 1.54) is 14.2 Å². The van der Waals surface area contributed by atoms with E-state index in [2.05, 4.69) is 5.32 Å². The number of ether oxygens (including phenoxy) is 2. The highest BCUT2D eigenvalue weighted by atomic mass is 16.7. The van der Waals surface area contributed by atoms with Crippen molar-refractivity contribution in [2.45, 2.75) is 18.6 Å². The van der Waals surface area contributed by atoms with Gasteiger partial charge in [0.2, 0.25) is 5.91 Å². The molecule has 11 heavy (non-hydrogen) atoms. The average molecular weight is 161 g/mol. The SMILES string of the molecule is [2H]C1([2H])CC(OC)(OC)CNC1=O. The second kappa shape index (κ2) is 3.19. The highest BCUT2D eigenvalue weighted by molar-refractivity contribution is 5.76. The topological polar surface area (TPSA) is 47.6 Å². The van der Waals surface area contributed by atoms with Gasteiger partial charge < -0.3 is 14.8 Å². The summed E-state index contributed by atoms with van der Waals surface area (Å²) in [6.07, 6.45) is -2.01. The molecule has 1 aliphatic rings. The van der Waals surface area contributed by atoms with Crippen LogP contribution in [0.15, 0.2) is 0 Å². The number of piperidine rings is 1. The number of hydrogen-bond acceptors (Lipinski definition) is 3. The van der Waals surface area contributed by atoms with E-state index in [1.807, 2.05) is 0 Å². The van der Waals surface area contributed by atoms with Crippen molar-refractivity contribution >= 4 is 5.91 Å². The minimum Gasteiger partial charge on any atom is -0.351 e. The van der Waals surface area contributed by atoms with E-state index in [0.717, 1.165) is 0 Å². The number of rotatable bonds is 2. The Morgan fingerprint density at radius 3 is 2.73 bits per heavy atom. The average Bonchev–Trinajstić information content (AvgIpc) is 2.10. The summed E-state index contributed by atoms with van der Waals surface area (Å²) in [5, 5.41) is 2.40. The molecule has 0 bridgehead atoms. The molecule has 0 unspecified atom stereocenters. The van der Waals surface area contributed by atoms with Crippen molar-refractivity contribution in [3.63, 3.8) is 0 Å². The van der Waals surface area contributed by atoms with Crippen molar-refractivity contribution in [3.05, 3.63) is 0 Å². The summed E-state index contributed by atoms with van der Waals surface area (Å²) in [5.41, 5.74) is 0. The normalized spacial score (nSPS) is 30.2. The Kier molecular flexibility index (Phi) is 1.73. The minimum atomic E-state index is -1.93. The molecule has 1 N–H and O–H groups in total. The van der Waals surface area contributed by atoms with Crippen LogP contribution in [0.25, 0.3) is 0 Å². The first kappa shape index (κ1) is 5.97. The van der Waals surface area contributed by atoms with Crippen LogP contribution < -0.4 is 5.32 Å². The van der Waals surface area contributed by atoms with E-state index in [1.54, 1.807) is 0 Å². The zero-order valence-electron chi connectivity index (χ0n) is 8.64. The molecular formula is C7H13NO3. The molecule has 1 fully saturated rings. The Bertz CT molecular complexity index is 216. The van der Waals surface area contributed by atoms with Crippen LogP contribution in [-0.2, 0) is 14.3 Å². The molecule has 0 aliphatic carbocycles. The molecule has 0 aromatic carbocycles. The lowest BCUT2D eigenvalue weighted by Crippen LogP contribution is -2.50. The quantitative estimate of drug-likeness (QED) is 0.575. The van der Waals surface area contributed by atoms with Gasteiger partial charge in [0, 0.05) is 29.8 Å². The summed E-state index contributed by atoms with van der Waals surface area (Å²) in [7, 11) is 2.86. The molecule has 0 saturated carbocycles. The Labute approximate surface area is 68.7 Å². The molecule has 0 aromatic heterocycles. The highest BCUT2D eigenvalue weighted by Gasteiger charge is 2.34. The Morgan fingerprint density at radius 2 is 2.27 bits per heavy atom. The van der Waals surface area contributed by atoms with Crippen LogP contribution >= 0.6 is 0 Å². The van der Waals surface area contributed by atoms with E-state index >= 15 is 0 Å². The van der Waals surface area contributed by atoms with E-state index in [0.29, 0.717) is 0 Å². The van der Waals surface area contributed by atoms with E-state index in [4.69, 9.17) is 12.2 Å². The first-order valence-corrected chi connectivity index (χ1v) is 3.34. The van der Waals surface area contributed by atoms with Crippen LogP contribution in [-0.4, -0.2) is 32.5 Å². The van der Waals surface area contributed by atoms with Crippen molar-refractivity contribution in [2.75, 3.05) is 20.8 Å². The standard InChI is InChI=1S/C7H13NO3/c1-10-7(11-2)4-3-6(9)8-5-7/h3-5H2,1-2H3,(H,8,9)/i3D2. The molecule has 1 amide bonds. The predicted octanol–water partition coefficient (Wildman–Crippen LogP) is -0.115. The van der Waals surface area contributed by atoms with Gasteiger partial charge in [-0.1, -0.05) is 0 Å². The van der Waals surface area contributed by atoms with Crippen LogP contribution in [0.2, 0.25) is 0 Å². The molecule has 0 aromatic rings. The first-order valence-electron chi connectivity index (χ1n) is 4.34. The maximum Gasteiger partial charge on any atom is 0.220 e. The van der Waals surface area contributed by atoms with Crippen molar-refractivity contribution in [1.29, 1.82) is 0 Å². The third kappa shape index (κ3) is 1.70. The van der Waals surface area contributed by atoms with E-state index in [-0.39, 0.29) is 13.0 Å². The van der Waals surface area contributed by atoms with E-state index < -0.39 is 18.1 Å². The summed E-state index contributed by atoms with van der Waals surface area (Å²) in [6.45, 7) is 0.179. The molecule has 0 spiro atoms. The lowest BCUT2D eigenvalue weighted by Gasteiger charge is -2.34. The van der Waals surface area contributed by atoms with Gasteiger partial charge in [-0.15, -0.1) is 0 Å². The maximum absolute atomic E-state index is 11.0. The van der Waals surface area contributed by atoms with Gasteiger partial charge in [0.25, 0.3) is 0 Å². The van der Waals surface area contributed by atoms with Gasteiger partial charge in [-0.3, -0.25) is 4.79 Å². The highest BCUT2D eigenvalue weighted by Crippen LogP contribution is 2.20. The van der Waals surface area contributed by atoms with Crippen molar-refractivity contribution in [1.82, 2.24) is 5.32 Å². The van der Waals surface area contributed by atoms with Crippen molar-refractivity contribution in [3.8, 4) is 0 Å². The number of hydrogen-bond donors (Lipinski definition) is 1. The second-order valence-corrected chi connectivity index (χ2v) is 2.36. The molecule has 1 heterocycles. The summed E-state index contributed by atoms with van der Waals surface area (Å²) < 4.78 is 24.8. The summed E-state index contributed by atoms with van der Waals surface area (Å²) in [6, 6.07) is 0. The molecule has 1 aliphatic heterocycles. The van der Waals surface area contributed by atoms with E-state index in [9.17, 15) is 4.79 Å². The van der Waals surface area contributed by atoms with Gasteiger partial charge in [-0.2, -0.15) is 0 Å². The Balaban J connectivity index is 2.80. The van der Waals surface area contributed by atoms with Gasteiger partial charge in [0.15, 0.2) is 5.79 Å². The molecule has 0 radical (unpaired) electrons. The smallest absolute Gasteiger partial charge is 0.220 e. The minimum absolute atomic E-state index is 0.0845. The van der Waals surface area contributed by atoms with Gasteiger partial charge in [0.1, 0.15) is 0 Å². The summed E-state index contributed by atoms with van der Waals surface area (Å²) >= 11 is 0. The van der Waals surface area contributed by atoms with Gasteiger partial charge in [0.05, 0.1) is 6.54 Å². The van der Waals surface area contributed by atoms with Gasteiger partial charge >= 0.3 is 0 Å². The van der Waals surface area contributed by atoms with Crippen molar-refractivity contribution in [2.24, 2.45) is 0 Å². The fraction of sp³-hybridized carbons (Fsp3) is 0.857. The molecule has 0 atom stereocenters. The van der Waals surface area contributed by atoms with Crippen LogP contribution in [0, 0.1) is 0 Å². The van der Waals surface area contributed by atoms with Crippen LogP contribution in [0.3, 0.4) is 0 Å². The van der Waals surface area contributed by atoms with Gasteiger partial charge in [-0.05, 0) is 0 Å². The van der Waals surface area contributed by atoms with Crippen LogP contribution in [0.1, 0.15) is 15.5 Å². The molecule has 4 heteroatoms. The predicted molar refractivity (Wildman–Crippen MR) is 39.0 cm³/mol. The van der Waals surface area contributed by atoms with Gasteiger partial charge in [-0.25, -0.2) is 0 Å². The molecule has 64 valence electrons. The zero-order chi connectivity index (χ0) is 10.1. The fourth-order valence-corrected chi connectivity index (χ4v) is 0.927.